The molecule has 2 aliphatic heterocycles. The van der Waals surface area contributed by atoms with Crippen molar-refractivity contribution in [1.29, 1.82) is 0 Å². The van der Waals surface area contributed by atoms with Crippen LogP contribution in [0, 0.1) is 0 Å². The SMILES string of the molecule is CS(=O)(=O)N1CCCCC1C(=O)N1Cc2cnn(-c3ccccc3)c2C1. The molecular weight excluding hydrogens is 352 g/mol. The van der Waals surface area contributed by atoms with E-state index in [1.165, 1.54) is 10.6 Å². The van der Waals surface area contributed by atoms with Gasteiger partial charge in [0.1, 0.15) is 6.04 Å². The number of hydrogen-bond donors (Lipinski definition) is 0. The van der Waals surface area contributed by atoms with Crippen molar-refractivity contribution in [3.63, 3.8) is 0 Å². The molecule has 26 heavy (non-hydrogen) atoms. The number of nitrogens with zero attached hydrogens (tertiary/aromatic N) is 4. The lowest BCUT2D eigenvalue weighted by molar-refractivity contribution is -0.136. The van der Waals surface area contributed by atoms with Gasteiger partial charge in [-0.2, -0.15) is 9.40 Å². The molecule has 0 radical (unpaired) electrons. The van der Waals surface area contributed by atoms with Gasteiger partial charge in [-0.05, 0) is 25.0 Å². The number of carbonyl (C=O) groups is 1. The smallest absolute Gasteiger partial charge is 0.241 e. The van der Waals surface area contributed by atoms with Crippen molar-refractivity contribution >= 4 is 15.9 Å². The molecule has 0 N–H and O–H groups in total. The molecule has 1 fully saturated rings. The molecule has 7 nitrogen and oxygen atoms in total. The van der Waals surface area contributed by atoms with Crippen molar-refractivity contribution in [3.8, 4) is 5.69 Å². The largest absolute Gasteiger partial charge is 0.331 e. The first-order chi connectivity index (χ1) is 12.4. The van der Waals surface area contributed by atoms with E-state index >= 15 is 0 Å². The highest BCUT2D eigenvalue weighted by Crippen LogP contribution is 2.28. The van der Waals surface area contributed by atoms with Crippen molar-refractivity contribution in [2.45, 2.75) is 38.4 Å². The second kappa shape index (κ2) is 6.51. The lowest BCUT2D eigenvalue weighted by atomic mass is 10.0. The normalized spacial score (nSPS) is 21.0. The molecule has 0 saturated carbocycles. The van der Waals surface area contributed by atoms with E-state index in [9.17, 15) is 13.2 Å². The third-order valence-corrected chi connectivity index (χ3v) is 6.42. The molecule has 2 aromatic rings. The first-order valence-corrected chi connectivity index (χ1v) is 10.7. The maximum Gasteiger partial charge on any atom is 0.241 e. The quantitative estimate of drug-likeness (QED) is 0.816. The summed E-state index contributed by atoms with van der Waals surface area (Å²) in [5, 5.41) is 4.44. The van der Waals surface area contributed by atoms with E-state index in [4.69, 9.17) is 0 Å². The molecule has 1 unspecified atom stereocenters. The van der Waals surface area contributed by atoms with Crippen molar-refractivity contribution in [2.75, 3.05) is 12.8 Å². The first-order valence-electron chi connectivity index (χ1n) is 8.82. The minimum absolute atomic E-state index is 0.106. The molecule has 1 aromatic carbocycles. The van der Waals surface area contributed by atoms with Gasteiger partial charge in [0.05, 0.1) is 30.4 Å². The van der Waals surface area contributed by atoms with Gasteiger partial charge in [-0.1, -0.05) is 24.6 Å². The lowest BCUT2D eigenvalue weighted by Gasteiger charge is -2.34. The fraction of sp³-hybridized carbons (Fsp3) is 0.444. The maximum absolute atomic E-state index is 13.1. The van der Waals surface area contributed by atoms with Crippen molar-refractivity contribution < 1.29 is 13.2 Å². The highest BCUT2D eigenvalue weighted by molar-refractivity contribution is 7.88. The van der Waals surface area contributed by atoms with E-state index in [-0.39, 0.29) is 5.91 Å². The van der Waals surface area contributed by atoms with Crippen LogP contribution in [0.1, 0.15) is 30.5 Å². The number of rotatable bonds is 3. The van der Waals surface area contributed by atoms with Crippen LogP contribution in [0.25, 0.3) is 5.69 Å². The van der Waals surface area contributed by atoms with Gasteiger partial charge in [-0.15, -0.1) is 0 Å². The topological polar surface area (TPSA) is 75.5 Å². The molecule has 4 rings (SSSR count). The number of benzene rings is 1. The van der Waals surface area contributed by atoms with Gasteiger partial charge in [0.15, 0.2) is 0 Å². The van der Waals surface area contributed by atoms with Gasteiger partial charge in [0, 0.05) is 18.7 Å². The van der Waals surface area contributed by atoms with E-state index < -0.39 is 16.1 Å². The maximum atomic E-state index is 13.1. The van der Waals surface area contributed by atoms with E-state index in [1.54, 1.807) is 11.1 Å². The molecule has 8 heteroatoms. The summed E-state index contributed by atoms with van der Waals surface area (Å²) in [6, 6.07) is 9.22. The van der Waals surface area contributed by atoms with Crippen LogP contribution in [0.15, 0.2) is 36.5 Å². The number of piperidine rings is 1. The molecule has 2 aliphatic rings. The molecule has 0 bridgehead atoms. The van der Waals surface area contributed by atoms with Crippen LogP contribution in [0.3, 0.4) is 0 Å². The zero-order chi connectivity index (χ0) is 18.3. The molecule has 1 saturated heterocycles. The number of fused-ring (bicyclic) bond motifs is 1. The Morgan fingerprint density at radius 3 is 2.65 bits per heavy atom. The summed E-state index contributed by atoms with van der Waals surface area (Å²) in [5.74, 6) is -0.106. The van der Waals surface area contributed by atoms with Crippen LogP contribution in [0.2, 0.25) is 0 Å². The van der Waals surface area contributed by atoms with Crippen LogP contribution < -0.4 is 0 Å². The van der Waals surface area contributed by atoms with Crippen LogP contribution in [-0.2, 0) is 27.9 Å². The minimum Gasteiger partial charge on any atom is -0.331 e. The number of amides is 1. The molecule has 1 aromatic heterocycles. The molecule has 3 heterocycles. The summed E-state index contributed by atoms with van der Waals surface area (Å²) in [4.78, 5) is 14.8. The Labute approximate surface area is 153 Å². The van der Waals surface area contributed by atoms with Gasteiger partial charge < -0.3 is 4.90 Å². The first kappa shape index (κ1) is 17.2. The number of aromatic nitrogens is 2. The molecule has 0 spiro atoms. The highest BCUT2D eigenvalue weighted by Gasteiger charge is 2.39. The lowest BCUT2D eigenvalue weighted by Crippen LogP contribution is -2.51. The predicted octanol–water partition coefficient (Wildman–Crippen LogP) is 1.53. The Morgan fingerprint density at radius 1 is 1.15 bits per heavy atom. The predicted molar refractivity (Wildman–Crippen MR) is 97.0 cm³/mol. The van der Waals surface area contributed by atoms with E-state index in [0.717, 1.165) is 29.8 Å². The Hall–Kier alpha value is -2.19. The van der Waals surface area contributed by atoms with Crippen LogP contribution in [0.4, 0.5) is 0 Å². The highest BCUT2D eigenvalue weighted by atomic mass is 32.2. The zero-order valence-electron chi connectivity index (χ0n) is 14.7. The van der Waals surface area contributed by atoms with Gasteiger partial charge in [0.2, 0.25) is 15.9 Å². The van der Waals surface area contributed by atoms with Gasteiger partial charge in [-0.3, -0.25) is 4.79 Å². The number of sulfonamides is 1. The summed E-state index contributed by atoms with van der Waals surface area (Å²) < 4.78 is 27.4. The van der Waals surface area contributed by atoms with Crippen molar-refractivity contribution in [3.05, 3.63) is 47.8 Å². The molecule has 138 valence electrons. The summed E-state index contributed by atoms with van der Waals surface area (Å²) in [6.07, 6.45) is 5.25. The minimum atomic E-state index is -3.39. The fourth-order valence-corrected chi connectivity index (χ4v) is 4.98. The summed E-state index contributed by atoms with van der Waals surface area (Å²) in [5.41, 5.74) is 2.97. The number of carbonyl (C=O) groups excluding carboxylic acids is 1. The summed E-state index contributed by atoms with van der Waals surface area (Å²) >= 11 is 0. The summed E-state index contributed by atoms with van der Waals surface area (Å²) in [6.45, 7) is 1.36. The number of hydrogen-bond acceptors (Lipinski definition) is 4. The second-order valence-corrected chi connectivity index (χ2v) is 8.88. The third kappa shape index (κ3) is 3.03. The van der Waals surface area contributed by atoms with Gasteiger partial charge >= 0.3 is 0 Å². The zero-order valence-corrected chi connectivity index (χ0v) is 15.5. The Morgan fingerprint density at radius 2 is 1.92 bits per heavy atom. The summed E-state index contributed by atoms with van der Waals surface area (Å²) in [7, 11) is -3.39. The van der Waals surface area contributed by atoms with Gasteiger partial charge in [-0.25, -0.2) is 13.1 Å². The average Bonchev–Trinajstić information content (AvgIpc) is 3.21. The third-order valence-electron chi connectivity index (χ3n) is 5.13. The Balaban J connectivity index is 1.56. The average molecular weight is 374 g/mol. The van der Waals surface area contributed by atoms with E-state index in [1.807, 2.05) is 35.0 Å². The Kier molecular flexibility index (Phi) is 4.32. The molecule has 1 amide bonds. The van der Waals surface area contributed by atoms with E-state index in [0.29, 0.717) is 26.1 Å². The molecular formula is C18H22N4O3S. The molecule has 0 aliphatic carbocycles. The van der Waals surface area contributed by atoms with E-state index in [2.05, 4.69) is 5.10 Å². The monoisotopic (exact) mass is 374 g/mol. The van der Waals surface area contributed by atoms with Crippen LogP contribution >= 0.6 is 0 Å². The molecule has 1 atom stereocenters. The van der Waals surface area contributed by atoms with Crippen LogP contribution in [0.5, 0.6) is 0 Å². The Bertz CT molecular complexity index is 923. The van der Waals surface area contributed by atoms with Crippen LogP contribution in [-0.4, -0.2) is 52.2 Å². The second-order valence-electron chi connectivity index (χ2n) is 6.94. The fourth-order valence-electron chi connectivity index (χ4n) is 3.86. The number of para-hydroxylation sites is 1. The standard InChI is InChI=1S/C18H22N4O3S/c1-26(24,25)21-10-6-5-9-16(21)18(23)20-12-14-11-19-22(17(14)13-20)15-7-3-2-4-8-15/h2-4,7-8,11,16H,5-6,9-10,12-13H2,1H3. The van der Waals surface area contributed by atoms with Crippen molar-refractivity contribution in [2.24, 2.45) is 0 Å². The van der Waals surface area contributed by atoms with Crippen molar-refractivity contribution in [1.82, 2.24) is 19.0 Å². The van der Waals surface area contributed by atoms with Gasteiger partial charge in [0.25, 0.3) is 0 Å².